The maximum Gasteiger partial charge on any atom is 0.250 e. The van der Waals surface area contributed by atoms with E-state index < -0.39 is 27.6 Å². The number of sulfonamides is 1. The van der Waals surface area contributed by atoms with Gasteiger partial charge in [-0.3, -0.25) is 0 Å². The minimum absolute atomic E-state index is 0.377. The molecule has 1 atom stereocenters. The third-order valence-electron chi connectivity index (χ3n) is 5.50. The second-order valence-corrected chi connectivity index (χ2v) is 10.7. The number of anilines is 1. The molecule has 2 heterocycles. The number of hydrogen-bond donors (Lipinski definition) is 3. The second kappa shape index (κ2) is 10.7. The summed E-state index contributed by atoms with van der Waals surface area (Å²) in [7, 11) is -4.10. The Morgan fingerprint density at radius 3 is 2.65 bits per heavy atom. The lowest BCUT2D eigenvalue weighted by Gasteiger charge is -2.29. The van der Waals surface area contributed by atoms with Crippen LogP contribution in [0.1, 0.15) is 4.88 Å². The van der Waals surface area contributed by atoms with E-state index in [0.29, 0.717) is 4.88 Å². The van der Waals surface area contributed by atoms with Gasteiger partial charge < -0.3 is 19.8 Å². The van der Waals surface area contributed by atoms with Crippen LogP contribution in [0, 0.1) is 11.3 Å². The SMILES string of the molecule is N#CC(=Cc1ccc(-c2ccc3cc(N4CCOCC4)ccc3c2)s1)S(=O)(=O)NCC(O)CO. The summed E-state index contributed by atoms with van der Waals surface area (Å²) >= 11 is 1.38. The molecule has 0 spiro atoms. The summed E-state index contributed by atoms with van der Waals surface area (Å²) in [5.74, 6) is 0. The minimum atomic E-state index is -4.10. The lowest BCUT2D eigenvalue weighted by molar-refractivity contribution is 0.0989. The number of thiophene rings is 1. The van der Waals surface area contributed by atoms with E-state index in [2.05, 4.69) is 40.0 Å². The molecule has 1 unspecified atom stereocenters. The average Bonchev–Trinajstić information content (AvgIpc) is 3.34. The molecular weight excluding hydrogens is 474 g/mol. The highest BCUT2D eigenvalue weighted by Gasteiger charge is 2.19. The third-order valence-corrected chi connectivity index (χ3v) is 7.92. The van der Waals surface area contributed by atoms with Crippen molar-refractivity contribution >= 4 is 43.9 Å². The monoisotopic (exact) mass is 499 g/mol. The van der Waals surface area contributed by atoms with Crippen molar-refractivity contribution < 1.29 is 23.4 Å². The van der Waals surface area contributed by atoms with E-state index in [1.807, 2.05) is 12.1 Å². The molecule has 0 amide bonds. The molecule has 8 nitrogen and oxygen atoms in total. The van der Waals surface area contributed by atoms with Gasteiger partial charge in [-0.2, -0.15) is 5.26 Å². The molecule has 0 aliphatic carbocycles. The molecule has 178 valence electrons. The lowest BCUT2D eigenvalue weighted by Crippen LogP contribution is -2.36. The van der Waals surface area contributed by atoms with Crippen molar-refractivity contribution in [3.63, 3.8) is 0 Å². The molecule has 0 bridgehead atoms. The van der Waals surface area contributed by atoms with E-state index in [0.717, 1.165) is 47.5 Å². The third kappa shape index (κ3) is 5.64. The van der Waals surface area contributed by atoms with E-state index >= 15 is 0 Å². The average molecular weight is 500 g/mol. The maximum atomic E-state index is 12.4. The predicted octanol–water partition coefficient (Wildman–Crippen LogP) is 2.54. The minimum Gasteiger partial charge on any atom is -0.394 e. The van der Waals surface area contributed by atoms with Crippen molar-refractivity contribution in [2.24, 2.45) is 0 Å². The maximum absolute atomic E-state index is 12.4. The van der Waals surface area contributed by atoms with Crippen LogP contribution in [-0.2, 0) is 14.8 Å². The van der Waals surface area contributed by atoms with Gasteiger partial charge in [0.15, 0.2) is 4.91 Å². The molecule has 34 heavy (non-hydrogen) atoms. The number of nitrogens with zero attached hydrogens (tertiary/aromatic N) is 2. The molecule has 1 aliphatic heterocycles. The van der Waals surface area contributed by atoms with Crippen molar-refractivity contribution in [2.45, 2.75) is 6.10 Å². The fraction of sp³-hybridized carbons (Fsp3) is 0.292. The molecule has 2 aromatic carbocycles. The van der Waals surface area contributed by atoms with Crippen LogP contribution >= 0.6 is 11.3 Å². The molecule has 1 aliphatic rings. The zero-order valence-corrected chi connectivity index (χ0v) is 20.0. The highest BCUT2D eigenvalue weighted by atomic mass is 32.2. The van der Waals surface area contributed by atoms with E-state index in [1.54, 1.807) is 12.1 Å². The molecule has 4 rings (SSSR count). The Hall–Kier alpha value is -2.78. The van der Waals surface area contributed by atoms with Crippen LogP contribution in [0.3, 0.4) is 0 Å². The Kier molecular flexibility index (Phi) is 7.63. The van der Waals surface area contributed by atoms with Gasteiger partial charge in [-0.15, -0.1) is 11.3 Å². The van der Waals surface area contributed by atoms with Crippen LogP contribution in [0.4, 0.5) is 5.69 Å². The number of aliphatic hydroxyl groups excluding tert-OH is 2. The summed E-state index contributed by atoms with van der Waals surface area (Å²) in [5, 5.41) is 29.8. The number of benzene rings is 2. The molecule has 1 aromatic heterocycles. The standard InChI is InChI=1S/C24H25N3O5S2/c25-14-23(34(30,31)26-15-21(29)16-28)13-22-5-6-24(33-22)19-2-1-18-12-20(4-3-17(18)11-19)27-7-9-32-10-8-27/h1-6,11-13,21,26,28-29H,7-10,15-16H2. The molecule has 0 radical (unpaired) electrons. The highest BCUT2D eigenvalue weighted by Crippen LogP contribution is 2.33. The van der Waals surface area contributed by atoms with E-state index in [1.165, 1.54) is 23.1 Å². The molecule has 0 saturated carbocycles. The van der Waals surface area contributed by atoms with Crippen molar-refractivity contribution in [3.8, 4) is 16.5 Å². The van der Waals surface area contributed by atoms with Gasteiger partial charge in [0.25, 0.3) is 10.0 Å². The number of fused-ring (bicyclic) bond motifs is 1. The number of morpholine rings is 1. The topological polar surface area (TPSA) is 123 Å². The summed E-state index contributed by atoms with van der Waals surface area (Å²) in [5.41, 5.74) is 2.18. The summed E-state index contributed by atoms with van der Waals surface area (Å²) in [6, 6.07) is 18.0. The number of allylic oxidation sites excluding steroid dienone is 1. The predicted molar refractivity (Wildman–Crippen MR) is 134 cm³/mol. The Balaban J connectivity index is 1.54. The van der Waals surface area contributed by atoms with E-state index in [-0.39, 0.29) is 6.54 Å². The van der Waals surface area contributed by atoms with Gasteiger partial charge in [0, 0.05) is 35.1 Å². The summed E-state index contributed by atoms with van der Waals surface area (Å²) in [6.07, 6.45) is 0.0678. The number of aliphatic hydroxyl groups is 2. The molecule has 1 fully saturated rings. The molecule has 3 N–H and O–H groups in total. The second-order valence-electron chi connectivity index (χ2n) is 7.86. The van der Waals surface area contributed by atoms with Gasteiger partial charge in [0.2, 0.25) is 0 Å². The molecule has 1 saturated heterocycles. The van der Waals surface area contributed by atoms with Gasteiger partial charge >= 0.3 is 0 Å². The molecular formula is C24H25N3O5S2. The summed E-state index contributed by atoms with van der Waals surface area (Å²) in [6.45, 7) is 2.28. The van der Waals surface area contributed by atoms with Gasteiger partial charge in [-0.05, 0) is 52.7 Å². The van der Waals surface area contributed by atoms with Gasteiger partial charge in [0.1, 0.15) is 6.07 Å². The van der Waals surface area contributed by atoms with Crippen LogP contribution in [0.25, 0.3) is 27.3 Å². The van der Waals surface area contributed by atoms with Crippen LogP contribution in [0.15, 0.2) is 53.4 Å². The Bertz CT molecular complexity index is 1340. The normalized spacial score (nSPS) is 15.9. The number of nitriles is 1. The quantitative estimate of drug-likeness (QED) is 0.407. The van der Waals surface area contributed by atoms with E-state index in [4.69, 9.17) is 9.84 Å². The molecule has 10 heteroatoms. The van der Waals surface area contributed by atoms with Gasteiger partial charge in [-0.25, -0.2) is 13.1 Å². The van der Waals surface area contributed by atoms with Gasteiger partial charge in [0.05, 0.1) is 25.9 Å². The largest absolute Gasteiger partial charge is 0.394 e. The smallest absolute Gasteiger partial charge is 0.250 e. The number of rotatable bonds is 8. The van der Waals surface area contributed by atoms with Crippen molar-refractivity contribution in [3.05, 3.63) is 58.3 Å². The van der Waals surface area contributed by atoms with Crippen molar-refractivity contribution in [1.29, 1.82) is 5.26 Å². The van der Waals surface area contributed by atoms with Crippen LogP contribution in [-0.4, -0.2) is 64.2 Å². The summed E-state index contributed by atoms with van der Waals surface area (Å²) < 4.78 is 32.3. The van der Waals surface area contributed by atoms with Crippen molar-refractivity contribution in [2.75, 3.05) is 44.4 Å². The Morgan fingerprint density at radius 2 is 1.91 bits per heavy atom. The van der Waals surface area contributed by atoms with E-state index in [9.17, 15) is 18.8 Å². The first-order valence-electron chi connectivity index (χ1n) is 10.8. The van der Waals surface area contributed by atoms with Crippen LogP contribution in [0.5, 0.6) is 0 Å². The number of ether oxygens (including phenoxy) is 1. The summed E-state index contributed by atoms with van der Waals surface area (Å²) in [4.78, 5) is 3.42. The Labute approximate surface area is 202 Å². The highest BCUT2D eigenvalue weighted by molar-refractivity contribution is 7.93. The molecule has 3 aromatic rings. The zero-order valence-electron chi connectivity index (χ0n) is 18.3. The fourth-order valence-corrected chi connectivity index (χ4v) is 5.63. The van der Waals surface area contributed by atoms with Crippen LogP contribution < -0.4 is 9.62 Å². The van der Waals surface area contributed by atoms with Gasteiger partial charge in [-0.1, -0.05) is 18.2 Å². The number of hydrogen-bond acceptors (Lipinski definition) is 8. The Morgan fingerprint density at radius 1 is 1.18 bits per heavy atom. The fourth-order valence-electron chi connectivity index (χ4n) is 3.64. The first kappa shape index (κ1) is 24.3. The number of nitrogens with one attached hydrogen (secondary N) is 1. The van der Waals surface area contributed by atoms with Crippen molar-refractivity contribution in [1.82, 2.24) is 4.72 Å². The first-order chi connectivity index (χ1) is 16.4. The zero-order chi connectivity index (χ0) is 24.1. The lowest BCUT2D eigenvalue weighted by atomic mass is 10.0. The first-order valence-corrected chi connectivity index (χ1v) is 13.1. The van der Waals surface area contributed by atoms with Crippen LogP contribution in [0.2, 0.25) is 0 Å².